The van der Waals surface area contributed by atoms with E-state index in [0.29, 0.717) is 13.2 Å². The molecule has 2 aromatic carbocycles. The van der Waals surface area contributed by atoms with E-state index in [2.05, 4.69) is 41.7 Å². The number of hydrogen-bond acceptors (Lipinski definition) is 5. The molecule has 3 N–H and O–H groups in total. The van der Waals surface area contributed by atoms with Gasteiger partial charge in [0.2, 0.25) is 5.91 Å². The molecule has 0 spiro atoms. The summed E-state index contributed by atoms with van der Waals surface area (Å²) in [5, 5.41) is 3.52. The molecule has 27 heavy (non-hydrogen) atoms. The summed E-state index contributed by atoms with van der Waals surface area (Å²) in [5.41, 5.74) is 8.76. The minimum atomic E-state index is -0.481. The lowest BCUT2D eigenvalue weighted by molar-refractivity contribution is -0.126. The first-order valence-corrected chi connectivity index (χ1v) is 9.21. The molecule has 1 amide bonds. The lowest BCUT2D eigenvalue weighted by Gasteiger charge is -2.18. The summed E-state index contributed by atoms with van der Waals surface area (Å²) in [4.78, 5) is 10.9. The maximum Gasteiger partial charge on any atom is 0.243 e. The molecule has 2 aliphatic rings. The fourth-order valence-electron chi connectivity index (χ4n) is 3.67. The van der Waals surface area contributed by atoms with Crippen LogP contribution in [0.3, 0.4) is 0 Å². The molecule has 4 rings (SSSR count). The highest BCUT2D eigenvalue weighted by atomic mass is 16.6. The fraction of sp³-hybridized carbons (Fsp3) is 0.381. The molecule has 2 saturated heterocycles. The number of nitrogens with one attached hydrogen (secondary N) is 1. The first-order valence-electron chi connectivity index (χ1n) is 9.21. The number of amides is 1. The minimum absolute atomic E-state index is 0.0635. The van der Waals surface area contributed by atoms with Crippen LogP contribution in [0.2, 0.25) is 0 Å². The number of carbonyl (C=O) groups is 1. The number of primary amides is 1. The zero-order valence-corrected chi connectivity index (χ0v) is 15.0. The molecule has 2 aromatic rings. The van der Waals surface area contributed by atoms with Crippen molar-refractivity contribution in [1.82, 2.24) is 5.32 Å². The SMILES string of the molecule is NC(=O)CO[C@@H]1CO[C@H]2[C@@H]1OC[C@@H]2NCc1ccc(-c2ccccc2)cc1. The minimum Gasteiger partial charge on any atom is -0.371 e. The number of rotatable bonds is 7. The maximum absolute atomic E-state index is 10.9. The van der Waals surface area contributed by atoms with Gasteiger partial charge < -0.3 is 25.3 Å². The van der Waals surface area contributed by atoms with Gasteiger partial charge in [0.15, 0.2) is 0 Å². The molecule has 6 nitrogen and oxygen atoms in total. The Bertz CT molecular complexity index is 766. The Morgan fingerprint density at radius 2 is 1.70 bits per heavy atom. The predicted octanol–water partition coefficient (Wildman–Crippen LogP) is 1.48. The molecule has 142 valence electrons. The quantitative estimate of drug-likeness (QED) is 0.774. The van der Waals surface area contributed by atoms with Crippen molar-refractivity contribution in [2.24, 2.45) is 5.73 Å². The second-order valence-electron chi connectivity index (χ2n) is 6.96. The number of benzene rings is 2. The van der Waals surface area contributed by atoms with Gasteiger partial charge in [-0.2, -0.15) is 0 Å². The summed E-state index contributed by atoms with van der Waals surface area (Å²) in [7, 11) is 0. The summed E-state index contributed by atoms with van der Waals surface area (Å²) in [5.74, 6) is -0.481. The monoisotopic (exact) mass is 368 g/mol. The summed E-state index contributed by atoms with van der Waals surface area (Å²) >= 11 is 0. The Balaban J connectivity index is 1.30. The molecule has 0 saturated carbocycles. The van der Waals surface area contributed by atoms with Gasteiger partial charge in [-0.1, -0.05) is 54.6 Å². The molecule has 0 aromatic heterocycles. The van der Waals surface area contributed by atoms with Gasteiger partial charge in [-0.3, -0.25) is 4.79 Å². The van der Waals surface area contributed by atoms with Gasteiger partial charge in [-0.15, -0.1) is 0 Å². The zero-order valence-electron chi connectivity index (χ0n) is 15.0. The predicted molar refractivity (Wildman–Crippen MR) is 101 cm³/mol. The van der Waals surface area contributed by atoms with Crippen LogP contribution in [0.1, 0.15) is 5.56 Å². The van der Waals surface area contributed by atoms with Crippen molar-refractivity contribution in [3.8, 4) is 11.1 Å². The van der Waals surface area contributed by atoms with Crippen LogP contribution in [0, 0.1) is 0 Å². The number of ether oxygens (including phenoxy) is 3. The number of carbonyl (C=O) groups excluding carboxylic acids is 1. The van der Waals surface area contributed by atoms with Crippen molar-refractivity contribution in [2.75, 3.05) is 19.8 Å². The van der Waals surface area contributed by atoms with E-state index < -0.39 is 5.91 Å². The second-order valence-corrected chi connectivity index (χ2v) is 6.96. The maximum atomic E-state index is 10.9. The zero-order chi connectivity index (χ0) is 18.6. The molecule has 6 heteroatoms. The lowest BCUT2D eigenvalue weighted by Crippen LogP contribution is -2.41. The Morgan fingerprint density at radius 1 is 1.00 bits per heavy atom. The van der Waals surface area contributed by atoms with Crippen molar-refractivity contribution in [1.29, 1.82) is 0 Å². The van der Waals surface area contributed by atoms with Crippen LogP contribution < -0.4 is 11.1 Å². The highest BCUT2D eigenvalue weighted by Gasteiger charge is 2.48. The van der Waals surface area contributed by atoms with Gasteiger partial charge >= 0.3 is 0 Å². The Labute approximate surface area is 158 Å². The summed E-state index contributed by atoms with van der Waals surface area (Å²) in [6.45, 7) is 1.62. The van der Waals surface area contributed by atoms with Crippen LogP contribution in [0.5, 0.6) is 0 Å². The van der Waals surface area contributed by atoms with Crippen molar-refractivity contribution in [3.05, 3.63) is 60.2 Å². The largest absolute Gasteiger partial charge is 0.371 e. The van der Waals surface area contributed by atoms with Crippen LogP contribution in [-0.4, -0.2) is 50.1 Å². The molecule has 2 aliphatic heterocycles. The topological polar surface area (TPSA) is 82.8 Å². The average molecular weight is 368 g/mol. The first-order chi connectivity index (χ1) is 13.2. The Hall–Kier alpha value is -2.25. The van der Waals surface area contributed by atoms with Crippen LogP contribution in [0.15, 0.2) is 54.6 Å². The number of nitrogens with two attached hydrogens (primary N) is 1. The third-order valence-electron chi connectivity index (χ3n) is 5.08. The third-order valence-corrected chi connectivity index (χ3v) is 5.08. The van der Waals surface area contributed by atoms with Crippen LogP contribution in [0.25, 0.3) is 11.1 Å². The lowest BCUT2D eigenvalue weighted by atomic mass is 10.0. The molecule has 2 fully saturated rings. The van der Waals surface area contributed by atoms with E-state index >= 15 is 0 Å². The van der Waals surface area contributed by atoms with E-state index in [9.17, 15) is 4.79 Å². The van der Waals surface area contributed by atoms with Crippen LogP contribution >= 0.6 is 0 Å². The fourth-order valence-corrected chi connectivity index (χ4v) is 3.67. The van der Waals surface area contributed by atoms with Gasteiger partial charge in [0.25, 0.3) is 0 Å². The normalized spacial score (nSPS) is 26.8. The van der Waals surface area contributed by atoms with Crippen molar-refractivity contribution < 1.29 is 19.0 Å². The summed E-state index contributed by atoms with van der Waals surface area (Å²) in [6.07, 6.45) is -0.451. The van der Waals surface area contributed by atoms with E-state index in [4.69, 9.17) is 19.9 Å². The third kappa shape index (κ3) is 4.20. The van der Waals surface area contributed by atoms with E-state index in [1.165, 1.54) is 16.7 Å². The van der Waals surface area contributed by atoms with Crippen molar-refractivity contribution >= 4 is 5.91 Å². The van der Waals surface area contributed by atoms with E-state index in [1.54, 1.807) is 0 Å². The van der Waals surface area contributed by atoms with Gasteiger partial charge in [-0.25, -0.2) is 0 Å². The first kappa shape index (κ1) is 18.1. The Kier molecular flexibility index (Phi) is 5.50. The summed E-state index contributed by atoms with van der Waals surface area (Å²) < 4.78 is 17.2. The molecule has 4 atom stereocenters. The molecule has 0 unspecified atom stereocenters. The highest BCUT2D eigenvalue weighted by molar-refractivity contribution is 5.75. The van der Waals surface area contributed by atoms with Gasteiger partial charge in [0.05, 0.1) is 19.3 Å². The number of fused-ring (bicyclic) bond motifs is 1. The molecule has 2 heterocycles. The average Bonchev–Trinajstić information content (AvgIpc) is 3.28. The molecule has 0 aliphatic carbocycles. The highest BCUT2D eigenvalue weighted by Crippen LogP contribution is 2.29. The molecular formula is C21H24N2O4. The molecular weight excluding hydrogens is 344 g/mol. The van der Waals surface area contributed by atoms with E-state index in [1.807, 2.05) is 18.2 Å². The van der Waals surface area contributed by atoms with Crippen LogP contribution in [-0.2, 0) is 25.5 Å². The van der Waals surface area contributed by atoms with E-state index in [-0.39, 0.29) is 31.0 Å². The standard InChI is InChI=1S/C21H24N2O4/c22-19(24)13-25-18-12-27-20-17(11-26-21(18)20)23-10-14-6-8-16(9-7-14)15-4-2-1-3-5-15/h1-9,17-18,20-21,23H,10-13H2,(H2,22,24)/t17-,18+,20+,21+/m0/s1. The smallest absolute Gasteiger partial charge is 0.243 e. The van der Waals surface area contributed by atoms with Crippen molar-refractivity contribution in [2.45, 2.75) is 30.9 Å². The molecule has 0 radical (unpaired) electrons. The number of hydrogen-bond donors (Lipinski definition) is 2. The Morgan fingerprint density at radius 3 is 2.44 bits per heavy atom. The molecule has 0 bridgehead atoms. The second kappa shape index (κ2) is 8.19. The van der Waals surface area contributed by atoms with E-state index in [0.717, 1.165) is 6.54 Å². The van der Waals surface area contributed by atoms with Crippen LogP contribution in [0.4, 0.5) is 0 Å². The summed E-state index contributed by atoms with van der Waals surface area (Å²) in [6, 6.07) is 19.0. The van der Waals surface area contributed by atoms with Gasteiger partial charge in [0.1, 0.15) is 24.9 Å². The van der Waals surface area contributed by atoms with Gasteiger partial charge in [-0.05, 0) is 16.7 Å². The van der Waals surface area contributed by atoms with Crippen molar-refractivity contribution in [3.63, 3.8) is 0 Å². The van der Waals surface area contributed by atoms with Gasteiger partial charge in [0, 0.05) is 6.54 Å².